The van der Waals surface area contributed by atoms with Gasteiger partial charge in [-0.1, -0.05) is 26.0 Å². The average molecular weight is 313 g/mol. The van der Waals surface area contributed by atoms with E-state index in [1.165, 1.54) is 0 Å². The standard InChI is InChI=1S/C19H23NO3/c1-4-22-17-9-5-7-15(11-17)19(21)20-16-8-6-10-18(12-16)23-13-14(2)3/h5-12,14H,4,13H2,1-3H3,(H,20,21). The fourth-order valence-electron chi connectivity index (χ4n) is 2.02. The SMILES string of the molecule is CCOc1cccc(C(=O)Nc2cccc(OCC(C)C)c2)c1. The van der Waals surface area contributed by atoms with Crippen LogP contribution in [0.25, 0.3) is 0 Å². The number of carbonyl (C=O) groups excluding carboxylic acids is 1. The molecule has 0 saturated carbocycles. The Morgan fingerprint density at radius 1 is 1.04 bits per heavy atom. The van der Waals surface area contributed by atoms with E-state index in [-0.39, 0.29) is 5.91 Å². The summed E-state index contributed by atoms with van der Waals surface area (Å²) < 4.78 is 11.1. The van der Waals surface area contributed by atoms with Gasteiger partial charge in [0, 0.05) is 17.3 Å². The van der Waals surface area contributed by atoms with Crippen molar-refractivity contribution < 1.29 is 14.3 Å². The van der Waals surface area contributed by atoms with Gasteiger partial charge in [-0.2, -0.15) is 0 Å². The molecule has 0 bridgehead atoms. The molecule has 0 aromatic heterocycles. The van der Waals surface area contributed by atoms with Crippen molar-refractivity contribution in [2.75, 3.05) is 18.5 Å². The summed E-state index contributed by atoms with van der Waals surface area (Å²) in [5.74, 6) is 1.72. The summed E-state index contributed by atoms with van der Waals surface area (Å²) in [6.45, 7) is 7.32. The molecule has 4 nitrogen and oxygen atoms in total. The number of amides is 1. The minimum atomic E-state index is -0.174. The molecule has 23 heavy (non-hydrogen) atoms. The summed E-state index contributed by atoms with van der Waals surface area (Å²) in [5.41, 5.74) is 1.27. The topological polar surface area (TPSA) is 47.6 Å². The predicted molar refractivity (Wildman–Crippen MR) is 92.3 cm³/mol. The molecule has 0 fully saturated rings. The van der Waals surface area contributed by atoms with E-state index in [1.807, 2.05) is 43.3 Å². The Kier molecular flexibility index (Phi) is 6.03. The minimum absolute atomic E-state index is 0.174. The molecule has 2 aromatic carbocycles. The molecule has 0 radical (unpaired) electrons. The van der Waals surface area contributed by atoms with Crippen molar-refractivity contribution >= 4 is 11.6 Å². The van der Waals surface area contributed by atoms with Gasteiger partial charge in [0.1, 0.15) is 11.5 Å². The molecule has 1 N–H and O–H groups in total. The highest BCUT2D eigenvalue weighted by atomic mass is 16.5. The van der Waals surface area contributed by atoms with Crippen LogP contribution < -0.4 is 14.8 Å². The summed E-state index contributed by atoms with van der Waals surface area (Å²) in [7, 11) is 0. The lowest BCUT2D eigenvalue weighted by atomic mass is 10.2. The van der Waals surface area contributed by atoms with Crippen molar-refractivity contribution in [3.05, 3.63) is 54.1 Å². The fourth-order valence-corrected chi connectivity index (χ4v) is 2.02. The quantitative estimate of drug-likeness (QED) is 0.825. The largest absolute Gasteiger partial charge is 0.494 e. The lowest BCUT2D eigenvalue weighted by molar-refractivity contribution is 0.102. The van der Waals surface area contributed by atoms with Crippen molar-refractivity contribution in [1.29, 1.82) is 0 Å². The lowest BCUT2D eigenvalue weighted by Crippen LogP contribution is -2.12. The maximum atomic E-state index is 12.3. The minimum Gasteiger partial charge on any atom is -0.494 e. The first-order valence-electron chi connectivity index (χ1n) is 7.85. The number of hydrogen-bond donors (Lipinski definition) is 1. The van der Waals surface area contributed by atoms with Crippen molar-refractivity contribution in [1.82, 2.24) is 0 Å². The van der Waals surface area contributed by atoms with Crippen LogP contribution in [0.4, 0.5) is 5.69 Å². The molecule has 0 aliphatic heterocycles. The Labute approximate surface area is 137 Å². The van der Waals surface area contributed by atoms with Crippen molar-refractivity contribution in [3.63, 3.8) is 0 Å². The van der Waals surface area contributed by atoms with Crippen LogP contribution in [0.1, 0.15) is 31.1 Å². The molecule has 0 heterocycles. The second-order valence-corrected chi connectivity index (χ2v) is 5.65. The van der Waals surface area contributed by atoms with E-state index in [4.69, 9.17) is 9.47 Å². The molecular formula is C19H23NO3. The zero-order valence-electron chi connectivity index (χ0n) is 13.8. The van der Waals surface area contributed by atoms with E-state index in [0.717, 1.165) is 5.75 Å². The lowest BCUT2D eigenvalue weighted by Gasteiger charge is -2.11. The first kappa shape index (κ1) is 16.9. The van der Waals surface area contributed by atoms with Gasteiger partial charge in [0.15, 0.2) is 0 Å². The van der Waals surface area contributed by atoms with Gasteiger partial charge >= 0.3 is 0 Å². The van der Waals surface area contributed by atoms with E-state index in [1.54, 1.807) is 12.1 Å². The van der Waals surface area contributed by atoms with Gasteiger partial charge in [0.2, 0.25) is 0 Å². The fraction of sp³-hybridized carbons (Fsp3) is 0.316. The van der Waals surface area contributed by atoms with Gasteiger partial charge in [-0.3, -0.25) is 4.79 Å². The highest BCUT2D eigenvalue weighted by Crippen LogP contribution is 2.20. The van der Waals surface area contributed by atoms with Gasteiger partial charge in [-0.25, -0.2) is 0 Å². The molecule has 1 amide bonds. The third kappa shape index (κ3) is 5.33. The monoisotopic (exact) mass is 313 g/mol. The number of carbonyl (C=O) groups is 1. The van der Waals surface area contributed by atoms with Crippen molar-refractivity contribution in [2.24, 2.45) is 5.92 Å². The molecular weight excluding hydrogens is 290 g/mol. The van der Waals surface area contributed by atoms with Crippen LogP contribution in [0.3, 0.4) is 0 Å². The molecule has 0 atom stereocenters. The van der Waals surface area contributed by atoms with Crippen molar-refractivity contribution in [2.45, 2.75) is 20.8 Å². The second-order valence-electron chi connectivity index (χ2n) is 5.65. The third-order valence-corrected chi connectivity index (χ3v) is 3.08. The summed E-state index contributed by atoms with van der Waals surface area (Å²) in [5, 5.41) is 2.88. The maximum absolute atomic E-state index is 12.3. The normalized spacial score (nSPS) is 10.4. The van der Waals surface area contributed by atoms with E-state index < -0.39 is 0 Å². The zero-order valence-corrected chi connectivity index (χ0v) is 13.8. The van der Waals surface area contributed by atoms with Gasteiger partial charge in [0.25, 0.3) is 5.91 Å². The number of hydrogen-bond acceptors (Lipinski definition) is 3. The molecule has 0 saturated heterocycles. The molecule has 122 valence electrons. The van der Waals surface area contributed by atoms with Crippen molar-refractivity contribution in [3.8, 4) is 11.5 Å². The van der Waals surface area contributed by atoms with Gasteiger partial charge in [-0.15, -0.1) is 0 Å². The number of ether oxygens (including phenoxy) is 2. The number of benzene rings is 2. The Balaban J connectivity index is 2.05. The first-order valence-corrected chi connectivity index (χ1v) is 7.85. The van der Waals surface area contributed by atoms with Crippen LogP contribution in [-0.4, -0.2) is 19.1 Å². The van der Waals surface area contributed by atoms with Gasteiger partial charge < -0.3 is 14.8 Å². The highest BCUT2D eigenvalue weighted by Gasteiger charge is 2.08. The van der Waals surface area contributed by atoms with Crippen LogP contribution in [0.5, 0.6) is 11.5 Å². The average Bonchev–Trinajstić information content (AvgIpc) is 2.54. The predicted octanol–water partition coefficient (Wildman–Crippen LogP) is 4.37. The summed E-state index contributed by atoms with van der Waals surface area (Å²) in [6, 6.07) is 14.5. The van der Waals surface area contributed by atoms with E-state index >= 15 is 0 Å². The first-order chi connectivity index (χ1) is 11.1. The molecule has 0 aliphatic rings. The van der Waals surface area contributed by atoms with Crippen LogP contribution in [0, 0.1) is 5.92 Å². The van der Waals surface area contributed by atoms with E-state index in [0.29, 0.717) is 36.1 Å². The molecule has 2 rings (SSSR count). The Morgan fingerprint density at radius 3 is 2.43 bits per heavy atom. The molecule has 2 aromatic rings. The van der Waals surface area contributed by atoms with Crippen LogP contribution in [0.2, 0.25) is 0 Å². The Hall–Kier alpha value is -2.49. The van der Waals surface area contributed by atoms with Crippen LogP contribution >= 0.6 is 0 Å². The number of anilines is 1. The molecule has 0 unspecified atom stereocenters. The van der Waals surface area contributed by atoms with Gasteiger partial charge in [0.05, 0.1) is 13.2 Å². The summed E-state index contributed by atoms with van der Waals surface area (Å²) in [6.07, 6.45) is 0. The summed E-state index contributed by atoms with van der Waals surface area (Å²) in [4.78, 5) is 12.3. The summed E-state index contributed by atoms with van der Waals surface area (Å²) >= 11 is 0. The molecule has 4 heteroatoms. The van der Waals surface area contributed by atoms with Crippen LogP contribution in [-0.2, 0) is 0 Å². The Bertz CT molecular complexity index is 653. The van der Waals surface area contributed by atoms with Crippen LogP contribution in [0.15, 0.2) is 48.5 Å². The zero-order chi connectivity index (χ0) is 16.7. The second kappa shape index (κ2) is 8.22. The maximum Gasteiger partial charge on any atom is 0.255 e. The third-order valence-electron chi connectivity index (χ3n) is 3.08. The van der Waals surface area contributed by atoms with Gasteiger partial charge in [-0.05, 0) is 43.2 Å². The Morgan fingerprint density at radius 2 is 1.74 bits per heavy atom. The smallest absolute Gasteiger partial charge is 0.255 e. The molecule has 0 aliphatic carbocycles. The number of rotatable bonds is 7. The highest BCUT2D eigenvalue weighted by molar-refractivity contribution is 6.04. The van der Waals surface area contributed by atoms with E-state index in [2.05, 4.69) is 19.2 Å². The van der Waals surface area contributed by atoms with E-state index in [9.17, 15) is 4.79 Å². The number of nitrogens with one attached hydrogen (secondary N) is 1. The molecule has 0 spiro atoms.